The Morgan fingerprint density at radius 1 is 0.857 bits per heavy atom. The SMILES string of the molecule is FC(F)(F)C1(C(F)(F)F)OCC(COC(c2ccccc2)c2ccccc2)O1. The molecule has 0 spiro atoms. The third-order valence-corrected chi connectivity index (χ3v) is 4.20. The van der Waals surface area contributed by atoms with E-state index < -0.39 is 43.6 Å². The van der Waals surface area contributed by atoms with Gasteiger partial charge in [0.05, 0.1) is 13.2 Å². The number of halogens is 6. The highest BCUT2D eigenvalue weighted by atomic mass is 19.4. The van der Waals surface area contributed by atoms with E-state index in [1.54, 1.807) is 60.7 Å². The second-order valence-corrected chi connectivity index (χ2v) is 6.20. The van der Waals surface area contributed by atoms with Gasteiger partial charge in [-0.2, -0.15) is 26.3 Å². The summed E-state index contributed by atoms with van der Waals surface area (Å²) in [7, 11) is 0. The van der Waals surface area contributed by atoms with E-state index in [0.29, 0.717) is 11.1 Å². The van der Waals surface area contributed by atoms with Crippen molar-refractivity contribution in [3.8, 4) is 0 Å². The third-order valence-electron chi connectivity index (χ3n) is 4.20. The molecule has 1 heterocycles. The van der Waals surface area contributed by atoms with E-state index in [1.165, 1.54) is 0 Å². The van der Waals surface area contributed by atoms with Crippen molar-refractivity contribution in [3.63, 3.8) is 0 Å². The lowest BCUT2D eigenvalue weighted by Crippen LogP contribution is -2.58. The van der Waals surface area contributed by atoms with Crippen LogP contribution in [-0.4, -0.2) is 37.5 Å². The third kappa shape index (κ3) is 4.01. The van der Waals surface area contributed by atoms with Gasteiger partial charge in [0.15, 0.2) is 0 Å². The molecule has 0 aliphatic carbocycles. The topological polar surface area (TPSA) is 27.7 Å². The molecule has 9 heteroatoms. The molecule has 0 bridgehead atoms. The first-order valence-electron chi connectivity index (χ1n) is 8.31. The van der Waals surface area contributed by atoms with E-state index >= 15 is 0 Å². The molecule has 1 aliphatic rings. The smallest absolute Gasteiger partial charge is 0.366 e. The summed E-state index contributed by atoms with van der Waals surface area (Å²) in [6.45, 7) is -1.41. The van der Waals surface area contributed by atoms with Gasteiger partial charge in [0, 0.05) is 0 Å². The lowest BCUT2D eigenvalue weighted by molar-refractivity contribution is -0.443. The molecule has 0 saturated carbocycles. The Kier molecular flexibility index (Phi) is 5.69. The average Bonchev–Trinajstić information content (AvgIpc) is 3.10. The van der Waals surface area contributed by atoms with Crippen molar-refractivity contribution in [2.75, 3.05) is 13.2 Å². The van der Waals surface area contributed by atoms with Gasteiger partial charge in [0.2, 0.25) is 0 Å². The number of alkyl halides is 6. The zero-order chi connectivity index (χ0) is 20.4. The highest BCUT2D eigenvalue weighted by molar-refractivity contribution is 5.29. The fourth-order valence-corrected chi connectivity index (χ4v) is 2.90. The molecule has 1 fully saturated rings. The Morgan fingerprint density at radius 3 is 1.71 bits per heavy atom. The van der Waals surface area contributed by atoms with Gasteiger partial charge in [-0.1, -0.05) is 60.7 Å². The van der Waals surface area contributed by atoms with Gasteiger partial charge in [-0.05, 0) is 11.1 Å². The maximum absolute atomic E-state index is 13.0. The maximum atomic E-state index is 13.0. The second kappa shape index (κ2) is 7.73. The van der Waals surface area contributed by atoms with E-state index in [0.717, 1.165) is 0 Å². The zero-order valence-corrected chi connectivity index (χ0v) is 14.3. The molecule has 1 saturated heterocycles. The van der Waals surface area contributed by atoms with Gasteiger partial charge >= 0.3 is 18.1 Å². The molecule has 1 atom stereocenters. The molecule has 0 radical (unpaired) electrons. The van der Waals surface area contributed by atoms with Crippen LogP contribution in [0, 0.1) is 0 Å². The van der Waals surface area contributed by atoms with Gasteiger partial charge in [-0.15, -0.1) is 0 Å². The molecule has 3 nitrogen and oxygen atoms in total. The summed E-state index contributed by atoms with van der Waals surface area (Å²) in [5.41, 5.74) is 1.40. The Hall–Kier alpha value is -2.10. The fraction of sp³-hybridized carbons (Fsp3) is 0.368. The molecular formula is C19H16F6O3. The van der Waals surface area contributed by atoms with E-state index in [-0.39, 0.29) is 0 Å². The maximum Gasteiger partial charge on any atom is 0.453 e. The van der Waals surface area contributed by atoms with Crippen LogP contribution in [0.5, 0.6) is 0 Å². The van der Waals surface area contributed by atoms with Crippen molar-refractivity contribution in [1.82, 2.24) is 0 Å². The monoisotopic (exact) mass is 406 g/mol. The van der Waals surface area contributed by atoms with E-state index in [1.807, 2.05) is 0 Å². The molecule has 1 aliphatic heterocycles. The Balaban J connectivity index is 1.76. The summed E-state index contributed by atoms with van der Waals surface area (Å²) in [5, 5.41) is 0. The van der Waals surface area contributed by atoms with Crippen LogP contribution in [0.3, 0.4) is 0 Å². The minimum atomic E-state index is -5.77. The Bertz CT molecular complexity index is 707. The molecule has 28 heavy (non-hydrogen) atoms. The molecule has 1 unspecified atom stereocenters. The van der Waals surface area contributed by atoms with Gasteiger partial charge in [0.25, 0.3) is 0 Å². The summed E-state index contributed by atoms with van der Waals surface area (Å²) in [4.78, 5) is 0. The van der Waals surface area contributed by atoms with Gasteiger partial charge in [-0.3, -0.25) is 0 Å². The average molecular weight is 406 g/mol. The van der Waals surface area contributed by atoms with Gasteiger partial charge < -0.3 is 14.2 Å². The number of rotatable bonds is 5. The summed E-state index contributed by atoms with van der Waals surface area (Å²) in [6, 6.07) is 17.6. The fourth-order valence-electron chi connectivity index (χ4n) is 2.90. The van der Waals surface area contributed by atoms with Gasteiger partial charge in [0.1, 0.15) is 12.2 Å². The minimum Gasteiger partial charge on any atom is -0.366 e. The van der Waals surface area contributed by atoms with Gasteiger partial charge in [-0.25, -0.2) is 0 Å². The van der Waals surface area contributed by atoms with Crippen LogP contribution in [-0.2, 0) is 14.2 Å². The molecule has 3 rings (SSSR count). The molecule has 0 N–H and O–H groups in total. The van der Waals surface area contributed by atoms with Crippen LogP contribution in [0.25, 0.3) is 0 Å². The molecule has 152 valence electrons. The van der Waals surface area contributed by atoms with E-state index in [9.17, 15) is 26.3 Å². The first-order chi connectivity index (χ1) is 13.1. The van der Waals surface area contributed by atoms with Crippen LogP contribution < -0.4 is 0 Å². The van der Waals surface area contributed by atoms with Crippen molar-refractivity contribution < 1.29 is 40.6 Å². The van der Waals surface area contributed by atoms with Crippen molar-refractivity contribution in [1.29, 1.82) is 0 Å². The Labute approximate surface area is 156 Å². The highest BCUT2D eigenvalue weighted by Gasteiger charge is 2.77. The minimum absolute atomic E-state index is 0.512. The molecular weight excluding hydrogens is 390 g/mol. The van der Waals surface area contributed by atoms with Crippen LogP contribution in [0.1, 0.15) is 17.2 Å². The largest absolute Gasteiger partial charge is 0.453 e. The van der Waals surface area contributed by atoms with E-state index in [2.05, 4.69) is 9.47 Å². The zero-order valence-electron chi connectivity index (χ0n) is 14.3. The predicted molar refractivity (Wildman–Crippen MR) is 86.3 cm³/mol. The lowest BCUT2D eigenvalue weighted by atomic mass is 10.0. The predicted octanol–water partition coefficient (Wildman–Crippen LogP) is 5.03. The van der Waals surface area contributed by atoms with Crippen molar-refractivity contribution in [2.45, 2.75) is 30.3 Å². The molecule has 0 aromatic heterocycles. The number of benzene rings is 2. The van der Waals surface area contributed by atoms with Crippen molar-refractivity contribution in [3.05, 3.63) is 71.8 Å². The number of ether oxygens (including phenoxy) is 3. The standard InChI is InChI=1S/C19H16F6O3/c20-18(21,22)17(19(23,24)25)27-12-15(28-17)11-26-16(13-7-3-1-4-8-13)14-9-5-2-6-10-14/h1-10,15-16H,11-12H2. The quantitative estimate of drug-likeness (QED) is 0.652. The number of hydrogen-bond donors (Lipinski definition) is 0. The normalized spacial score (nSPS) is 19.9. The summed E-state index contributed by atoms with van der Waals surface area (Å²) < 4.78 is 92.1. The summed E-state index contributed by atoms with van der Waals surface area (Å²) in [6.07, 6.45) is -13.7. The van der Waals surface area contributed by atoms with E-state index in [4.69, 9.17) is 4.74 Å². The molecule has 0 amide bonds. The van der Waals surface area contributed by atoms with Crippen molar-refractivity contribution >= 4 is 0 Å². The summed E-state index contributed by atoms with van der Waals surface area (Å²) >= 11 is 0. The van der Waals surface area contributed by atoms with Crippen LogP contribution in [0.4, 0.5) is 26.3 Å². The summed E-state index contributed by atoms with van der Waals surface area (Å²) in [5.74, 6) is -4.64. The number of hydrogen-bond acceptors (Lipinski definition) is 3. The first kappa shape index (κ1) is 20.6. The highest BCUT2D eigenvalue weighted by Crippen LogP contribution is 2.50. The van der Waals surface area contributed by atoms with Crippen LogP contribution in [0.15, 0.2) is 60.7 Å². The van der Waals surface area contributed by atoms with Crippen LogP contribution >= 0.6 is 0 Å². The molecule has 2 aromatic rings. The second-order valence-electron chi connectivity index (χ2n) is 6.20. The first-order valence-corrected chi connectivity index (χ1v) is 8.31. The van der Waals surface area contributed by atoms with Crippen LogP contribution in [0.2, 0.25) is 0 Å². The Morgan fingerprint density at radius 2 is 1.32 bits per heavy atom. The lowest BCUT2D eigenvalue weighted by Gasteiger charge is -2.31. The molecule has 2 aromatic carbocycles. The van der Waals surface area contributed by atoms with Crippen molar-refractivity contribution in [2.24, 2.45) is 0 Å².